The summed E-state index contributed by atoms with van der Waals surface area (Å²) in [5.41, 5.74) is 0.804. The van der Waals surface area contributed by atoms with E-state index < -0.39 is 0 Å². The van der Waals surface area contributed by atoms with Crippen LogP contribution in [0.1, 0.15) is 40.0 Å². The predicted molar refractivity (Wildman–Crippen MR) is 65.3 cm³/mol. The Morgan fingerprint density at radius 2 is 2.31 bits per heavy atom. The molecule has 0 saturated carbocycles. The Balaban J connectivity index is 2.34. The third kappa shape index (κ3) is 4.67. The Hall–Kier alpha value is -1.01. The highest BCUT2D eigenvalue weighted by atomic mass is 16.6. The molecule has 0 aliphatic carbocycles. The summed E-state index contributed by atoms with van der Waals surface area (Å²) in [6, 6.07) is 0. The standard InChI is InChI=1S/C13H21NO2/c1-4-7-13(11(2)3)14-16-10-12-8-5-6-9-15-12/h11-12H,5-6,8-10H2,1-3H3/b14-13+/t12-/m0/s1. The van der Waals surface area contributed by atoms with E-state index in [1.54, 1.807) is 0 Å². The molecule has 1 aliphatic heterocycles. The molecule has 0 bridgehead atoms. The number of oxime groups is 1. The fourth-order valence-corrected chi connectivity index (χ4v) is 1.53. The minimum atomic E-state index is 0.209. The first-order chi connectivity index (χ1) is 7.74. The van der Waals surface area contributed by atoms with Gasteiger partial charge in [0, 0.05) is 12.5 Å². The van der Waals surface area contributed by atoms with Crippen LogP contribution >= 0.6 is 0 Å². The van der Waals surface area contributed by atoms with Crippen LogP contribution in [0.2, 0.25) is 0 Å². The highest BCUT2D eigenvalue weighted by molar-refractivity contribution is 6.01. The summed E-state index contributed by atoms with van der Waals surface area (Å²) in [5.74, 6) is 6.10. The number of ether oxygens (including phenoxy) is 1. The maximum Gasteiger partial charge on any atom is 0.143 e. The fraction of sp³-hybridized carbons (Fsp3) is 0.769. The summed E-state index contributed by atoms with van der Waals surface area (Å²) >= 11 is 0. The molecular weight excluding hydrogens is 202 g/mol. The first-order valence-electron chi connectivity index (χ1n) is 5.98. The van der Waals surface area contributed by atoms with Gasteiger partial charge in [-0.1, -0.05) is 24.9 Å². The highest BCUT2D eigenvalue weighted by Gasteiger charge is 2.14. The zero-order valence-electron chi connectivity index (χ0n) is 10.5. The van der Waals surface area contributed by atoms with Gasteiger partial charge in [-0.3, -0.25) is 0 Å². The molecule has 0 aromatic heterocycles. The molecule has 0 aromatic rings. The molecule has 1 aliphatic rings. The summed E-state index contributed by atoms with van der Waals surface area (Å²) in [6.45, 7) is 7.32. The van der Waals surface area contributed by atoms with E-state index in [4.69, 9.17) is 9.57 Å². The van der Waals surface area contributed by atoms with Crippen molar-refractivity contribution in [1.29, 1.82) is 0 Å². The van der Waals surface area contributed by atoms with Crippen LogP contribution in [0.4, 0.5) is 0 Å². The number of nitrogens with zero attached hydrogens (tertiary/aromatic N) is 1. The molecule has 1 heterocycles. The lowest BCUT2D eigenvalue weighted by Gasteiger charge is -2.21. The molecule has 16 heavy (non-hydrogen) atoms. The predicted octanol–water partition coefficient (Wildman–Crippen LogP) is 2.61. The van der Waals surface area contributed by atoms with E-state index in [2.05, 4.69) is 30.8 Å². The molecule has 3 heteroatoms. The maximum absolute atomic E-state index is 5.55. The SMILES string of the molecule is CC#C/C(=N\OC[C@@H]1CCCCO1)C(C)C. The Labute approximate surface area is 98.2 Å². The van der Waals surface area contributed by atoms with E-state index in [9.17, 15) is 0 Å². The van der Waals surface area contributed by atoms with Crippen LogP contribution in [0.25, 0.3) is 0 Å². The van der Waals surface area contributed by atoms with Gasteiger partial charge < -0.3 is 9.57 Å². The summed E-state index contributed by atoms with van der Waals surface area (Å²) in [5, 5.41) is 4.07. The summed E-state index contributed by atoms with van der Waals surface area (Å²) in [6.07, 6.45) is 3.67. The van der Waals surface area contributed by atoms with Gasteiger partial charge in [0.25, 0.3) is 0 Å². The second kappa shape index (κ2) is 7.29. The van der Waals surface area contributed by atoms with Crippen LogP contribution in [-0.4, -0.2) is 25.0 Å². The van der Waals surface area contributed by atoms with Crippen molar-refractivity contribution >= 4 is 5.71 Å². The first-order valence-corrected chi connectivity index (χ1v) is 5.98. The Bertz CT molecular complexity index is 280. The topological polar surface area (TPSA) is 30.8 Å². The van der Waals surface area contributed by atoms with Gasteiger partial charge in [-0.05, 0) is 32.1 Å². The summed E-state index contributed by atoms with van der Waals surface area (Å²) in [7, 11) is 0. The van der Waals surface area contributed by atoms with Crippen LogP contribution in [-0.2, 0) is 9.57 Å². The lowest BCUT2D eigenvalue weighted by Crippen LogP contribution is -2.23. The van der Waals surface area contributed by atoms with Crippen molar-refractivity contribution in [3.05, 3.63) is 0 Å². The number of rotatable bonds is 4. The van der Waals surface area contributed by atoms with Gasteiger partial charge in [0.15, 0.2) is 0 Å². The van der Waals surface area contributed by atoms with E-state index in [1.807, 2.05) is 6.92 Å². The lowest BCUT2D eigenvalue weighted by molar-refractivity contribution is -0.0397. The van der Waals surface area contributed by atoms with Crippen LogP contribution in [0.15, 0.2) is 5.16 Å². The molecule has 1 fully saturated rings. The van der Waals surface area contributed by atoms with Gasteiger partial charge in [-0.2, -0.15) is 0 Å². The van der Waals surface area contributed by atoms with E-state index in [0.717, 1.165) is 18.7 Å². The van der Waals surface area contributed by atoms with Gasteiger partial charge in [-0.25, -0.2) is 0 Å². The second-order valence-electron chi connectivity index (χ2n) is 4.29. The van der Waals surface area contributed by atoms with E-state index in [0.29, 0.717) is 12.5 Å². The molecule has 1 saturated heterocycles. The van der Waals surface area contributed by atoms with Gasteiger partial charge >= 0.3 is 0 Å². The van der Waals surface area contributed by atoms with Crippen molar-refractivity contribution in [2.24, 2.45) is 11.1 Å². The molecular formula is C13H21NO2. The van der Waals surface area contributed by atoms with E-state index in [1.165, 1.54) is 12.8 Å². The molecule has 0 spiro atoms. The van der Waals surface area contributed by atoms with Gasteiger partial charge in [-0.15, -0.1) is 0 Å². The van der Waals surface area contributed by atoms with Gasteiger partial charge in [0.05, 0.1) is 6.10 Å². The van der Waals surface area contributed by atoms with E-state index in [-0.39, 0.29) is 6.10 Å². The Morgan fingerprint density at radius 1 is 1.50 bits per heavy atom. The molecule has 1 rings (SSSR count). The van der Waals surface area contributed by atoms with Crippen LogP contribution in [0, 0.1) is 17.8 Å². The van der Waals surface area contributed by atoms with Crippen LogP contribution < -0.4 is 0 Å². The third-order valence-electron chi connectivity index (χ3n) is 2.50. The molecule has 1 atom stereocenters. The van der Waals surface area contributed by atoms with Crippen LogP contribution in [0.5, 0.6) is 0 Å². The van der Waals surface area contributed by atoms with E-state index >= 15 is 0 Å². The quantitative estimate of drug-likeness (QED) is 0.417. The average Bonchev–Trinajstić information content (AvgIpc) is 2.29. The minimum Gasteiger partial charge on any atom is -0.392 e. The second-order valence-corrected chi connectivity index (χ2v) is 4.29. The first kappa shape index (κ1) is 13.1. The Kier molecular flexibility index (Phi) is 5.95. The molecule has 90 valence electrons. The summed E-state index contributed by atoms with van der Waals surface area (Å²) < 4.78 is 5.55. The highest BCUT2D eigenvalue weighted by Crippen LogP contribution is 2.12. The molecule has 0 radical (unpaired) electrons. The minimum absolute atomic E-state index is 0.209. The van der Waals surface area contributed by atoms with Crippen molar-refractivity contribution in [1.82, 2.24) is 0 Å². The smallest absolute Gasteiger partial charge is 0.143 e. The van der Waals surface area contributed by atoms with Crippen molar-refractivity contribution in [3.63, 3.8) is 0 Å². The summed E-state index contributed by atoms with van der Waals surface area (Å²) in [4.78, 5) is 5.31. The van der Waals surface area contributed by atoms with Crippen molar-refractivity contribution in [2.45, 2.75) is 46.1 Å². The Morgan fingerprint density at radius 3 is 2.88 bits per heavy atom. The largest absolute Gasteiger partial charge is 0.392 e. The fourth-order valence-electron chi connectivity index (χ4n) is 1.53. The van der Waals surface area contributed by atoms with Crippen molar-refractivity contribution in [2.75, 3.05) is 13.2 Å². The normalized spacial score (nSPS) is 21.5. The zero-order valence-corrected chi connectivity index (χ0v) is 10.5. The van der Waals surface area contributed by atoms with Crippen molar-refractivity contribution < 1.29 is 9.57 Å². The number of hydrogen-bond donors (Lipinski definition) is 0. The third-order valence-corrected chi connectivity index (χ3v) is 2.50. The number of hydrogen-bond acceptors (Lipinski definition) is 3. The van der Waals surface area contributed by atoms with Crippen LogP contribution in [0.3, 0.4) is 0 Å². The molecule has 0 N–H and O–H groups in total. The van der Waals surface area contributed by atoms with Gasteiger partial charge in [0.2, 0.25) is 0 Å². The molecule has 0 unspecified atom stereocenters. The zero-order chi connectivity index (χ0) is 11.8. The van der Waals surface area contributed by atoms with Gasteiger partial charge in [0.1, 0.15) is 12.3 Å². The molecule has 3 nitrogen and oxygen atoms in total. The average molecular weight is 223 g/mol. The monoisotopic (exact) mass is 223 g/mol. The lowest BCUT2D eigenvalue weighted by atomic mass is 10.1. The maximum atomic E-state index is 5.55. The molecule has 0 amide bonds. The molecule has 0 aromatic carbocycles. The van der Waals surface area contributed by atoms with Crippen molar-refractivity contribution in [3.8, 4) is 11.8 Å².